The van der Waals surface area contributed by atoms with Crippen LogP contribution in [0.1, 0.15) is 6.92 Å². The average Bonchev–Trinajstić information content (AvgIpc) is 2.46. The van der Waals surface area contributed by atoms with Crippen LogP contribution in [0.3, 0.4) is 0 Å². The maximum atomic E-state index is 10.4. The van der Waals surface area contributed by atoms with E-state index in [1.54, 1.807) is 12.3 Å². The number of nitrogens with zero attached hydrogens (tertiary/aromatic N) is 1. The van der Waals surface area contributed by atoms with Gasteiger partial charge in [-0.25, -0.2) is 0 Å². The Hall–Kier alpha value is -1.39. The van der Waals surface area contributed by atoms with E-state index in [1.807, 2.05) is 31.2 Å². The van der Waals surface area contributed by atoms with Crippen molar-refractivity contribution in [3.05, 3.63) is 36.5 Å². The Morgan fingerprint density at radius 1 is 1.36 bits per heavy atom. The van der Waals surface area contributed by atoms with Crippen molar-refractivity contribution < 1.29 is 21.3 Å². The molecular weight excluding hydrogens is 328 g/mol. The van der Waals surface area contributed by atoms with Gasteiger partial charge in [0, 0.05) is 35.9 Å². The fraction of sp³-hybridized carbons (Fsp3) is 0.308. The number of nitrogens with one attached hydrogen (secondary N) is 1. The van der Waals surface area contributed by atoms with E-state index >= 15 is 0 Å². The van der Waals surface area contributed by atoms with E-state index in [0.29, 0.717) is 30.1 Å². The molecule has 1 unspecified atom stereocenters. The molecule has 0 bridgehead atoms. The van der Waals surface area contributed by atoms with Crippen molar-refractivity contribution >= 4 is 33.3 Å². The van der Waals surface area contributed by atoms with Crippen molar-refractivity contribution in [1.82, 2.24) is 10.3 Å². The van der Waals surface area contributed by atoms with Gasteiger partial charge in [0.1, 0.15) is 12.0 Å². The zero-order chi connectivity index (χ0) is 16.0. The summed E-state index contributed by atoms with van der Waals surface area (Å²) in [7, 11) is -4.40. The van der Waals surface area contributed by atoms with Crippen LogP contribution < -0.4 is 10.1 Å². The Morgan fingerprint density at radius 3 is 2.91 bits per heavy atom. The number of ether oxygens (including phenoxy) is 1. The standard InChI is InChI=1S/C13H16N2O5S2/c1-10(14-8-9-21-20-22(16,17)18)19-13-6-7-15-12-5-3-2-4-11(12)13/h2-7,10,14H,8-9H2,1H3,(H,16,17,18). The van der Waals surface area contributed by atoms with E-state index in [1.165, 1.54) is 0 Å². The van der Waals surface area contributed by atoms with Crippen molar-refractivity contribution in [2.24, 2.45) is 0 Å². The van der Waals surface area contributed by atoms with Crippen molar-refractivity contribution in [3.63, 3.8) is 0 Å². The predicted octanol–water partition coefficient (Wildman–Crippen LogP) is 2.02. The van der Waals surface area contributed by atoms with Gasteiger partial charge in [0.2, 0.25) is 0 Å². The monoisotopic (exact) mass is 344 g/mol. The Morgan fingerprint density at radius 2 is 2.14 bits per heavy atom. The van der Waals surface area contributed by atoms with Crippen LogP contribution in [0.4, 0.5) is 0 Å². The molecule has 1 heterocycles. The Balaban J connectivity index is 1.82. The lowest BCUT2D eigenvalue weighted by Gasteiger charge is -2.17. The van der Waals surface area contributed by atoms with Crippen LogP contribution in [0.15, 0.2) is 36.5 Å². The zero-order valence-corrected chi connectivity index (χ0v) is 13.4. The Kier molecular flexibility index (Phi) is 5.98. The lowest BCUT2D eigenvalue weighted by atomic mass is 10.2. The summed E-state index contributed by atoms with van der Waals surface area (Å²) in [5.74, 6) is 1.05. The minimum absolute atomic E-state index is 0.280. The molecule has 9 heteroatoms. The quantitative estimate of drug-likeness (QED) is 0.325. The molecule has 2 rings (SSSR count). The lowest BCUT2D eigenvalue weighted by Crippen LogP contribution is -2.33. The van der Waals surface area contributed by atoms with Gasteiger partial charge in [0.15, 0.2) is 0 Å². The Labute approximate surface area is 133 Å². The van der Waals surface area contributed by atoms with E-state index in [4.69, 9.17) is 9.29 Å². The molecule has 1 aromatic carbocycles. The van der Waals surface area contributed by atoms with Crippen molar-refractivity contribution in [3.8, 4) is 5.75 Å². The van der Waals surface area contributed by atoms with Crippen LogP contribution in [0.2, 0.25) is 0 Å². The van der Waals surface area contributed by atoms with Crippen LogP contribution in [0.25, 0.3) is 10.9 Å². The summed E-state index contributed by atoms with van der Waals surface area (Å²) in [6.07, 6.45) is 1.40. The lowest BCUT2D eigenvalue weighted by molar-refractivity contribution is 0.188. The largest absolute Gasteiger partial charge is 0.475 e. The number of pyridine rings is 1. The molecule has 0 fully saturated rings. The summed E-state index contributed by atoms with van der Waals surface area (Å²) >= 11 is 0.645. The molecular formula is C13H16N2O5S2. The number of para-hydroxylation sites is 1. The number of hydrogen-bond donors (Lipinski definition) is 2. The molecule has 1 aromatic heterocycles. The fourth-order valence-electron chi connectivity index (χ4n) is 1.80. The molecule has 0 aliphatic rings. The number of rotatable bonds is 8. The molecule has 0 amide bonds. The van der Waals surface area contributed by atoms with E-state index < -0.39 is 10.4 Å². The molecule has 7 nitrogen and oxygen atoms in total. The van der Waals surface area contributed by atoms with Gasteiger partial charge in [0.05, 0.1) is 5.52 Å². The summed E-state index contributed by atoms with van der Waals surface area (Å²) < 4.78 is 39.1. The van der Waals surface area contributed by atoms with Gasteiger partial charge in [-0.05, 0) is 25.1 Å². The highest BCUT2D eigenvalue weighted by Crippen LogP contribution is 2.23. The van der Waals surface area contributed by atoms with Gasteiger partial charge in [-0.15, -0.1) is 0 Å². The first-order chi connectivity index (χ1) is 10.5. The second-order valence-corrected chi connectivity index (χ2v) is 6.40. The molecule has 0 saturated carbocycles. The first-order valence-electron chi connectivity index (χ1n) is 6.48. The van der Waals surface area contributed by atoms with E-state index in [2.05, 4.69) is 13.9 Å². The molecule has 22 heavy (non-hydrogen) atoms. The van der Waals surface area contributed by atoms with E-state index in [0.717, 1.165) is 10.9 Å². The molecule has 2 aromatic rings. The summed E-state index contributed by atoms with van der Waals surface area (Å²) in [6.45, 7) is 2.29. The SMILES string of the molecule is CC(NCCSOS(=O)(=O)O)Oc1ccnc2ccccc12. The summed E-state index contributed by atoms with van der Waals surface area (Å²) in [4.78, 5) is 4.26. The maximum Gasteiger partial charge on any atom is 0.408 e. The second-order valence-electron chi connectivity index (χ2n) is 4.36. The molecule has 2 N–H and O–H groups in total. The number of aromatic nitrogens is 1. The molecule has 120 valence electrons. The Bertz CT molecular complexity index is 718. The summed E-state index contributed by atoms with van der Waals surface area (Å²) in [5, 5.41) is 3.98. The number of benzene rings is 1. The highest BCUT2D eigenvalue weighted by atomic mass is 32.3. The first-order valence-corrected chi connectivity index (χ1v) is 8.75. The average molecular weight is 344 g/mol. The molecule has 0 aliphatic heterocycles. The van der Waals surface area contributed by atoms with E-state index in [-0.39, 0.29) is 6.23 Å². The van der Waals surface area contributed by atoms with Gasteiger partial charge < -0.3 is 4.74 Å². The highest BCUT2D eigenvalue weighted by molar-refractivity contribution is 8.02. The molecule has 0 spiro atoms. The van der Waals surface area contributed by atoms with Crippen LogP contribution in [-0.4, -0.2) is 36.5 Å². The highest BCUT2D eigenvalue weighted by Gasteiger charge is 2.08. The van der Waals surface area contributed by atoms with Gasteiger partial charge in [-0.2, -0.15) is 12.0 Å². The third-order valence-corrected chi connectivity index (χ3v) is 4.11. The molecule has 0 saturated heterocycles. The third-order valence-electron chi connectivity index (χ3n) is 2.66. The maximum absolute atomic E-state index is 10.4. The van der Waals surface area contributed by atoms with Gasteiger partial charge in [-0.1, -0.05) is 12.1 Å². The fourth-order valence-corrected chi connectivity index (χ4v) is 2.76. The van der Waals surface area contributed by atoms with Gasteiger partial charge in [0.25, 0.3) is 0 Å². The second kappa shape index (κ2) is 7.75. The van der Waals surface area contributed by atoms with Crippen LogP contribution in [0, 0.1) is 0 Å². The third kappa shape index (κ3) is 5.43. The minimum Gasteiger partial charge on any atom is -0.475 e. The predicted molar refractivity (Wildman–Crippen MR) is 84.9 cm³/mol. The van der Waals surface area contributed by atoms with Crippen LogP contribution in [-0.2, 0) is 14.0 Å². The van der Waals surface area contributed by atoms with E-state index in [9.17, 15) is 8.42 Å². The normalized spacial score (nSPS) is 13.2. The topological polar surface area (TPSA) is 97.8 Å². The van der Waals surface area contributed by atoms with Crippen molar-refractivity contribution in [1.29, 1.82) is 0 Å². The minimum atomic E-state index is -4.40. The summed E-state index contributed by atoms with van der Waals surface area (Å²) in [5.41, 5.74) is 0.851. The smallest absolute Gasteiger partial charge is 0.408 e. The summed E-state index contributed by atoms with van der Waals surface area (Å²) in [6, 6.07) is 9.45. The van der Waals surface area contributed by atoms with Crippen LogP contribution in [0.5, 0.6) is 5.75 Å². The molecule has 0 aliphatic carbocycles. The number of hydrogen-bond acceptors (Lipinski definition) is 7. The molecule has 0 radical (unpaired) electrons. The molecule has 1 atom stereocenters. The first kappa shape index (κ1) is 17.0. The van der Waals surface area contributed by atoms with Crippen molar-refractivity contribution in [2.75, 3.05) is 12.3 Å². The zero-order valence-electron chi connectivity index (χ0n) is 11.8. The van der Waals surface area contributed by atoms with Crippen LogP contribution >= 0.6 is 12.0 Å². The van der Waals surface area contributed by atoms with Gasteiger partial charge >= 0.3 is 10.4 Å². The van der Waals surface area contributed by atoms with Gasteiger partial charge in [-0.3, -0.25) is 14.9 Å². The number of fused-ring (bicyclic) bond motifs is 1. The van der Waals surface area contributed by atoms with Crippen molar-refractivity contribution in [2.45, 2.75) is 13.2 Å².